The number of carbonyl (C=O) groups is 4. The number of anilines is 4. The van der Waals surface area contributed by atoms with Gasteiger partial charge in [-0.05, 0) is 12.1 Å². The third-order valence-corrected chi connectivity index (χ3v) is 4.20. The first-order chi connectivity index (χ1) is 10.5. The maximum Gasteiger partial charge on any atom is 0.247 e. The van der Waals surface area contributed by atoms with E-state index in [1.54, 1.807) is 31.7 Å². The van der Waals surface area contributed by atoms with Crippen molar-refractivity contribution in [2.45, 2.75) is 0 Å². The number of nitrogens with zero attached hydrogens (tertiary/aromatic N) is 4. The first kappa shape index (κ1) is 11.7. The Morgan fingerprint density at radius 3 is 0.818 bits per heavy atom. The largest absolute Gasteiger partial charge is 0.299 e. The molecular weight excluding hydrogens is 288 g/mol. The molecule has 4 fully saturated rings. The molecule has 1 aromatic carbocycles. The van der Waals surface area contributed by atoms with E-state index >= 15 is 0 Å². The predicted octanol–water partition coefficient (Wildman–Crippen LogP) is -0.927. The first-order valence-electron chi connectivity index (χ1n) is 6.94. The minimum absolute atomic E-state index is 0.0193. The van der Waals surface area contributed by atoms with Crippen molar-refractivity contribution in [3.05, 3.63) is 12.1 Å². The molecule has 4 amide bonds. The smallest absolute Gasteiger partial charge is 0.247 e. The third kappa shape index (κ3) is 1.57. The number of hydrogen-bond donors (Lipinski definition) is 0. The van der Waals surface area contributed by atoms with E-state index in [2.05, 4.69) is 0 Å². The zero-order valence-corrected chi connectivity index (χ0v) is 11.4. The Hall–Kier alpha value is -2.90. The first-order valence-corrected chi connectivity index (χ1v) is 6.94. The lowest BCUT2D eigenvalue weighted by Gasteiger charge is -2.17. The summed E-state index contributed by atoms with van der Waals surface area (Å²) in [5.74, 6) is -0.0771. The fraction of sp³-hybridized carbons (Fsp3) is 0.286. The molecule has 22 heavy (non-hydrogen) atoms. The van der Waals surface area contributed by atoms with Crippen molar-refractivity contribution in [2.24, 2.45) is 0 Å². The summed E-state index contributed by atoms with van der Waals surface area (Å²) in [7, 11) is 0. The van der Waals surface area contributed by atoms with Crippen molar-refractivity contribution >= 4 is 46.4 Å². The molecule has 5 rings (SSSR count). The van der Waals surface area contributed by atoms with Crippen LogP contribution in [0.1, 0.15) is 0 Å². The van der Waals surface area contributed by atoms with E-state index in [-0.39, 0.29) is 23.6 Å². The molecule has 1 aromatic rings. The second kappa shape index (κ2) is 3.46. The van der Waals surface area contributed by atoms with Crippen molar-refractivity contribution < 1.29 is 19.2 Å². The van der Waals surface area contributed by atoms with Gasteiger partial charge in [0.25, 0.3) is 0 Å². The average Bonchev–Trinajstić information content (AvgIpc) is 3.24. The quantitative estimate of drug-likeness (QED) is 0.673. The summed E-state index contributed by atoms with van der Waals surface area (Å²) in [5.41, 5.74) is 2.51. The van der Waals surface area contributed by atoms with Gasteiger partial charge in [-0.15, -0.1) is 0 Å². The molecule has 4 aliphatic heterocycles. The van der Waals surface area contributed by atoms with Crippen molar-refractivity contribution in [3.8, 4) is 0 Å². The van der Waals surface area contributed by atoms with Gasteiger partial charge in [-0.25, -0.2) is 0 Å². The third-order valence-electron chi connectivity index (χ3n) is 4.20. The SMILES string of the molecule is O=C1CN1c1cc(N2CC2=O)c(N2CC2=O)cc1N1CC1=O. The zero-order chi connectivity index (χ0) is 15.2. The van der Waals surface area contributed by atoms with Crippen LogP contribution >= 0.6 is 0 Å². The van der Waals surface area contributed by atoms with Gasteiger partial charge in [-0.3, -0.25) is 38.8 Å². The van der Waals surface area contributed by atoms with Gasteiger partial charge >= 0.3 is 0 Å². The van der Waals surface area contributed by atoms with E-state index in [0.29, 0.717) is 48.9 Å². The summed E-state index contributed by atoms with van der Waals surface area (Å²) >= 11 is 0. The highest BCUT2D eigenvalue weighted by Gasteiger charge is 2.45. The molecule has 0 N–H and O–H groups in total. The Labute approximate surface area is 124 Å². The van der Waals surface area contributed by atoms with Crippen LogP contribution in [-0.4, -0.2) is 49.8 Å². The zero-order valence-electron chi connectivity index (χ0n) is 11.4. The normalized spacial score (nSPS) is 21.8. The average molecular weight is 298 g/mol. The van der Waals surface area contributed by atoms with E-state index in [9.17, 15) is 19.2 Å². The van der Waals surface area contributed by atoms with Gasteiger partial charge in [0.2, 0.25) is 23.6 Å². The van der Waals surface area contributed by atoms with Crippen LogP contribution < -0.4 is 19.6 Å². The second-order valence-corrected chi connectivity index (χ2v) is 5.75. The van der Waals surface area contributed by atoms with Crippen LogP contribution in [0.3, 0.4) is 0 Å². The van der Waals surface area contributed by atoms with Gasteiger partial charge in [-0.2, -0.15) is 0 Å². The molecule has 0 saturated carbocycles. The summed E-state index contributed by atoms with van der Waals surface area (Å²) in [6.07, 6.45) is 0. The fourth-order valence-corrected chi connectivity index (χ4v) is 2.70. The summed E-state index contributed by atoms with van der Waals surface area (Å²) in [4.78, 5) is 52.2. The molecule has 0 radical (unpaired) electrons. The predicted molar refractivity (Wildman–Crippen MR) is 75.9 cm³/mol. The van der Waals surface area contributed by atoms with Gasteiger partial charge in [0.05, 0.1) is 22.7 Å². The van der Waals surface area contributed by atoms with Gasteiger partial charge in [0.1, 0.15) is 26.2 Å². The molecule has 0 spiro atoms. The minimum Gasteiger partial charge on any atom is -0.299 e. The molecule has 4 heterocycles. The van der Waals surface area contributed by atoms with Gasteiger partial charge in [0, 0.05) is 0 Å². The lowest BCUT2D eigenvalue weighted by molar-refractivity contribution is -0.110. The van der Waals surface area contributed by atoms with Gasteiger partial charge in [0.15, 0.2) is 0 Å². The van der Waals surface area contributed by atoms with Crippen LogP contribution in [0.15, 0.2) is 12.1 Å². The van der Waals surface area contributed by atoms with Crippen LogP contribution in [0.4, 0.5) is 22.7 Å². The van der Waals surface area contributed by atoms with E-state index in [4.69, 9.17) is 0 Å². The maximum atomic E-state index is 11.5. The highest BCUT2D eigenvalue weighted by atomic mass is 16.2. The highest BCUT2D eigenvalue weighted by molar-refractivity contribution is 6.23. The number of amides is 4. The molecular formula is C14H10N4O4. The highest BCUT2D eigenvalue weighted by Crippen LogP contribution is 2.47. The van der Waals surface area contributed by atoms with Crippen LogP contribution in [-0.2, 0) is 19.2 Å². The topological polar surface area (TPSA) is 80.3 Å². The van der Waals surface area contributed by atoms with Crippen molar-refractivity contribution in [1.82, 2.24) is 0 Å². The lowest BCUT2D eigenvalue weighted by atomic mass is 10.2. The maximum absolute atomic E-state index is 11.5. The molecule has 4 saturated heterocycles. The number of rotatable bonds is 4. The van der Waals surface area contributed by atoms with Gasteiger partial charge in [-0.1, -0.05) is 0 Å². The fourth-order valence-electron chi connectivity index (χ4n) is 2.70. The Bertz CT molecular complexity index is 687. The summed E-state index contributed by atoms with van der Waals surface area (Å²) in [6.45, 7) is 1.24. The second-order valence-electron chi connectivity index (χ2n) is 5.75. The van der Waals surface area contributed by atoms with Crippen LogP contribution in [0.5, 0.6) is 0 Å². The monoisotopic (exact) mass is 298 g/mol. The van der Waals surface area contributed by atoms with Crippen molar-refractivity contribution in [2.75, 3.05) is 45.8 Å². The molecule has 0 aromatic heterocycles. The number of hydrogen-bond acceptors (Lipinski definition) is 4. The van der Waals surface area contributed by atoms with E-state index in [1.165, 1.54) is 0 Å². The molecule has 8 heteroatoms. The number of carbonyl (C=O) groups excluding carboxylic acids is 4. The molecule has 0 unspecified atom stereocenters. The Morgan fingerprint density at radius 1 is 0.500 bits per heavy atom. The Kier molecular flexibility index (Phi) is 1.85. The molecule has 110 valence electrons. The summed E-state index contributed by atoms with van der Waals surface area (Å²) in [5, 5.41) is 0. The van der Waals surface area contributed by atoms with E-state index in [0.717, 1.165) is 0 Å². The van der Waals surface area contributed by atoms with Crippen LogP contribution in [0.2, 0.25) is 0 Å². The van der Waals surface area contributed by atoms with Crippen molar-refractivity contribution in [3.63, 3.8) is 0 Å². The van der Waals surface area contributed by atoms with E-state index < -0.39 is 0 Å². The molecule has 0 aliphatic carbocycles. The molecule has 4 aliphatic rings. The minimum atomic E-state index is -0.0193. The van der Waals surface area contributed by atoms with Crippen LogP contribution in [0, 0.1) is 0 Å². The molecule has 8 nitrogen and oxygen atoms in total. The van der Waals surface area contributed by atoms with Crippen LogP contribution in [0.25, 0.3) is 0 Å². The molecule has 0 atom stereocenters. The van der Waals surface area contributed by atoms with E-state index in [1.807, 2.05) is 0 Å². The standard InChI is InChI=1S/C14H10N4O4/c19-11-3-15(11)7-1-8(16-4-12(16)20)10(18-6-14(18)22)2-9(7)17-5-13(17)21/h1-2H,3-6H2. The summed E-state index contributed by atoms with van der Waals surface area (Å²) in [6, 6.07) is 3.47. The Balaban J connectivity index is 1.67. The lowest BCUT2D eigenvalue weighted by Crippen LogP contribution is -2.08. The number of benzene rings is 1. The van der Waals surface area contributed by atoms with Crippen molar-refractivity contribution in [1.29, 1.82) is 0 Å². The summed E-state index contributed by atoms with van der Waals surface area (Å²) < 4.78 is 0. The molecule has 0 bridgehead atoms. The Morgan fingerprint density at radius 2 is 0.682 bits per heavy atom. The van der Waals surface area contributed by atoms with Gasteiger partial charge < -0.3 is 0 Å².